The number of hydrogen-bond donors (Lipinski definition) is 2. The zero-order valence-corrected chi connectivity index (χ0v) is 16.0. The van der Waals surface area contributed by atoms with E-state index in [9.17, 15) is 15.4 Å². The highest BCUT2D eigenvalue weighted by atomic mass is 16.6. The molecule has 0 radical (unpaired) electrons. The number of fused-ring (bicyclic) bond motifs is 1. The maximum atomic E-state index is 10.9. The van der Waals surface area contributed by atoms with E-state index in [4.69, 9.17) is 15.2 Å². The van der Waals surface area contributed by atoms with Crippen molar-refractivity contribution < 1.29 is 14.4 Å². The van der Waals surface area contributed by atoms with Crippen molar-refractivity contribution in [3.63, 3.8) is 0 Å². The summed E-state index contributed by atoms with van der Waals surface area (Å²) >= 11 is 0. The second kappa shape index (κ2) is 7.60. The van der Waals surface area contributed by atoms with Gasteiger partial charge in [0.25, 0.3) is 5.69 Å². The first-order valence-corrected chi connectivity index (χ1v) is 9.06. The Morgan fingerprint density at radius 1 is 1.33 bits per heavy atom. The van der Waals surface area contributed by atoms with Crippen LogP contribution in [-0.4, -0.2) is 15.1 Å². The maximum Gasteiger partial charge on any atom is 0.269 e. The number of aromatic amines is 1. The minimum atomic E-state index is -0.440. The number of nitro groups is 1. The number of nitrogens with one attached hydrogen (secondary N) is 1. The predicted molar refractivity (Wildman–Crippen MR) is 106 cm³/mol. The topological polar surface area (TPSA) is 140 Å². The largest absolute Gasteiger partial charge is 0.489 e. The molecule has 0 fully saturated rings. The third-order valence-corrected chi connectivity index (χ3v) is 4.87. The molecule has 2 aromatic carbocycles. The van der Waals surface area contributed by atoms with Crippen LogP contribution in [0.5, 0.6) is 11.6 Å². The Morgan fingerprint density at radius 3 is 2.80 bits per heavy atom. The zero-order chi connectivity index (χ0) is 21.3. The van der Waals surface area contributed by atoms with Gasteiger partial charge in [0.1, 0.15) is 24.0 Å². The SMILES string of the molecule is Cc1[nH]nc2c1[C@H](c1ccc(OCc3cccc([N+](=O)[O-])c3)cc1)C(C#N)=C(N)O2. The lowest BCUT2D eigenvalue weighted by atomic mass is 9.84. The van der Waals surface area contributed by atoms with Gasteiger partial charge >= 0.3 is 0 Å². The number of rotatable bonds is 5. The van der Waals surface area contributed by atoms with Gasteiger partial charge in [-0.25, -0.2) is 0 Å². The minimum absolute atomic E-state index is 0.0191. The van der Waals surface area contributed by atoms with Crippen LogP contribution in [0.25, 0.3) is 0 Å². The molecule has 4 rings (SSSR count). The summed E-state index contributed by atoms with van der Waals surface area (Å²) in [6.45, 7) is 2.05. The Bertz CT molecular complexity index is 1190. The normalized spacial score (nSPS) is 15.1. The standard InChI is InChI=1S/C21H17N5O4/c1-12-18-19(17(10-22)20(23)30-21(18)25-24-12)14-5-7-16(8-6-14)29-11-13-3-2-4-15(9-13)26(27)28/h2-9,19H,11,23H2,1H3,(H,24,25)/t19-/m1/s1. The monoisotopic (exact) mass is 403 g/mol. The van der Waals surface area contributed by atoms with Gasteiger partial charge in [0.2, 0.25) is 11.8 Å². The van der Waals surface area contributed by atoms with Crippen LogP contribution < -0.4 is 15.2 Å². The van der Waals surface area contributed by atoms with Gasteiger partial charge in [-0.15, -0.1) is 5.10 Å². The van der Waals surface area contributed by atoms with Crippen LogP contribution in [0, 0.1) is 28.4 Å². The molecule has 0 saturated heterocycles. The van der Waals surface area contributed by atoms with Gasteiger partial charge in [-0.05, 0) is 30.2 Å². The molecule has 3 aromatic rings. The fraction of sp³-hybridized carbons (Fsp3) is 0.143. The number of aromatic nitrogens is 2. The van der Waals surface area contributed by atoms with E-state index < -0.39 is 10.8 Å². The van der Waals surface area contributed by atoms with Crippen molar-refractivity contribution in [3.8, 4) is 17.7 Å². The second-order valence-corrected chi connectivity index (χ2v) is 6.78. The van der Waals surface area contributed by atoms with E-state index in [0.29, 0.717) is 22.8 Å². The van der Waals surface area contributed by atoms with E-state index >= 15 is 0 Å². The average molecular weight is 403 g/mol. The van der Waals surface area contributed by atoms with E-state index in [0.717, 1.165) is 16.8 Å². The lowest BCUT2D eigenvalue weighted by molar-refractivity contribution is -0.384. The van der Waals surface area contributed by atoms with Crippen LogP contribution >= 0.6 is 0 Å². The number of non-ortho nitro benzene ring substituents is 1. The molecule has 150 valence electrons. The number of nitriles is 1. The third-order valence-electron chi connectivity index (χ3n) is 4.87. The molecule has 1 aliphatic heterocycles. The minimum Gasteiger partial charge on any atom is -0.489 e. The van der Waals surface area contributed by atoms with E-state index in [1.165, 1.54) is 12.1 Å². The molecule has 0 saturated carbocycles. The number of allylic oxidation sites excluding steroid dienone is 1. The molecule has 1 atom stereocenters. The average Bonchev–Trinajstić information content (AvgIpc) is 3.12. The lowest BCUT2D eigenvalue weighted by Gasteiger charge is -2.23. The van der Waals surface area contributed by atoms with Crippen LogP contribution in [0.4, 0.5) is 5.69 Å². The van der Waals surface area contributed by atoms with E-state index in [1.54, 1.807) is 24.3 Å². The fourth-order valence-electron chi connectivity index (χ4n) is 3.41. The number of nitro benzene ring substituents is 1. The number of hydrogen-bond acceptors (Lipinski definition) is 7. The molecule has 30 heavy (non-hydrogen) atoms. The zero-order valence-electron chi connectivity index (χ0n) is 16.0. The number of ether oxygens (including phenoxy) is 2. The maximum absolute atomic E-state index is 10.9. The van der Waals surface area contributed by atoms with Crippen molar-refractivity contribution in [1.29, 1.82) is 5.26 Å². The Balaban J connectivity index is 1.56. The van der Waals surface area contributed by atoms with Gasteiger partial charge in [0.05, 0.1) is 10.8 Å². The molecule has 0 unspecified atom stereocenters. The summed E-state index contributed by atoms with van der Waals surface area (Å²) in [7, 11) is 0. The van der Waals surface area contributed by atoms with E-state index in [-0.39, 0.29) is 18.2 Å². The molecule has 9 nitrogen and oxygen atoms in total. The van der Waals surface area contributed by atoms with Gasteiger partial charge in [-0.3, -0.25) is 15.2 Å². The first-order chi connectivity index (χ1) is 14.5. The van der Waals surface area contributed by atoms with Crippen LogP contribution in [0.3, 0.4) is 0 Å². The molecular weight excluding hydrogens is 386 g/mol. The van der Waals surface area contributed by atoms with Gasteiger partial charge in [0, 0.05) is 23.4 Å². The van der Waals surface area contributed by atoms with Crippen LogP contribution in [-0.2, 0) is 6.61 Å². The molecule has 2 heterocycles. The number of benzene rings is 2. The molecule has 0 bridgehead atoms. The highest BCUT2D eigenvalue weighted by Crippen LogP contribution is 2.42. The molecular formula is C21H17N5O4. The Morgan fingerprint density at radius 2 is 2.10 bits per heavy atom. The first-order valence-electron chi connectivity index (χ1n) is 9.06. The Kier molecular flexibility index (Phi) is 4.82. The number of nitrogens with zero attached hydrogens (tertiary/aromatic N) is 3. The first kappa shape index (κ1) is 19.0. The highest BCUT2D eigenvalue weighted by Gasteiger charge is 2.34. The summed E-state index contributed by atoms with van der Waals surface area (Å²) in [5.74, 6) is 0.590. The van der Waals surface area contributed by atoms with Gasteiger partial charge in [-0.2, -0.15) is 5.26 Å². The van der Waals surface area contributed by atoms with Crippen molar-refractivity contribution in [2.45, 2.75) is 19.4 Å². The van der Waals surface area contributed by atoms with Crippen molar-refractivity contribution in [3.05, 3.63) is 92.5 Å². The molecule has 1 aromatic heterocycles. The summed E-state index contributed by atoms with van der Waals surface area (Å²) < 4.78 is 11.2. The smallest absolute Gasteiger partial charge is 0.269 e. The van der Waals surface area contributed by atoms with Crippen LogP contribution in [0.1, 0.15) is 28.3 Å². The van der Waals surface area contributed by atoms with Gasteiger partial charge in [0.15, 0.2) is 0 Å². The third kappa shape index (κ3) is 3.42. The number of aryl methyl sites for hydroxylation is 1. The molecule has 0 amide bonds. The van der Waals surface area contributed by atoms with Crippen molar-refractivity contribution >= 4 is 5.69 Å². The van der Waals surface area contributed by atoms with Crippen molar-refractivity contribution in [1.82, 2.24) is 10.2 Å². The summed E-state index contributed by atoms with van der Waals surface area (Å²) in [6, 6.07) is 15.7. The lowest BCUT2D eigenvalue weighted by Crippen LogP contribution is -2.21. The summed E-state index contributed by atoms with van der Waals surface area (Å²) in [4.78, 5) is 10.5. The summed E-state index contributed by atoms with van der Waals surface area (Å²) in [5, 5.41) is 27.5. The highest BCUT2D eigenvalue weighted by molar-refractivity contribution is 5.55. The molecule has 1 aliphatic rings. The molecule has 3 N–H and O–H groups in total. The molecule has 9 heteroatoms. The fourth-order valence-corrected chi connectivity index (χ4v) is 3.41. The molecule has 0 aliphatic carbocycles. The summed E-state index contributed by atoms with van der Waals surface area (Å²) in [5.41, 5.74) is 9.36. The summed E-state index contributed by atoms with van der Waals surface area (Å²) in [6.07, 6.45) is 0. The van der Waals surface area contributed by atoms with E-state index in [1.807, 2.05) is 19.1 Å². The van der Waals surface area contributed by atoms with Crippen molar-refractivity contribution in [2.24, 2.45) is 5.73 Å². The Hall–Kier alpha value is -4.32. The van der Waals surface area contributed by atoms with Crippen LogP contribution in [0.2, 0.25) is 0 Å². The second-order valence-electron chi connectivity index (χ2n) is 6.78. The van der Waals surface area contributed by atoms with Gasteiger partial charge in [-0.1, -0.05) is 24.3 Å². The number of nitrogens with two attached hydrogens (primary N) is 1. The predicted octanol–water partition coefficient (Wildman–Crippen LogP) is 3.42. The molecule has 0 spiro atoms. The number of H-pyrrole nitrogens is 1. The van der Waals surface area contributed by atoms with Crippen molar-refractivity contribution in [2.75, 3.05) is 0 Å². The van der Waals surface area contributed by atoms with E-state index in [2.05, 4.69) is 16.3 Å². The quantitative estimate of drug-likeness (QED) is 0.491. The van der Waals surface area contributed by atoms with Crippen LogP contribution in [0.15, 0.2) is 60.0 Å². The van der Waals surface area contributed by atoms with Gasteiger partial charge < -0.3 is 15.2 Å². The Labute approximate surface area is 171 Å².